The number of nitrogens with one attached hydrogen (secondary N) is 1. The fourth-order valence-corrected chi connectivity index (χ4v) is 3.35. The molecule has 1 aliphatic heterocycles. The second-order valence-corrected chi connectivity index (χ2v) is 6.36. The first kappa shape index (κ1) is 15.4. The van der Waals surface area contributed by atoms with Crippen LogP contribution in [-0.4, -0.2) is 19.1 Å². The van der Waals surface area contributed by atoms with Gasteiger partial charge in [0.25, 0.3) is 0 Å². The van der Waals surface area contributed by atoms with Crippen LogP contribution in [0.3, 0.4) is 0 Å². The van der Waals surface area contributed by atoms with E-state index in [1.54, 1.807) is 5.56 Å². The highest BCUT2D eigenvalue weighted by atomic mass is 15.2. The van der Waals surface area contributed by atoms with Crippen molar-refractivity contribution in [1.82, 2.24) is 5.32 Å². The van der Waals surface area contributed by atoms with Crippen LogP contribution in [0.15, 0.2) is 18.2 Å². The van der Waals surface area contributed by atoms with E-state index in [4.69, 9.17) is 0 Å². The summed E-state index contributed by atoms with van der Waals surface area (Å²) in [5, 5.41) is 3.49. The molecule has 2 heteroatoms. The number of anilines is 1. The molecule has 1 aliphatic rings. The van der Waals surface area contributed by atoms with Gasteiger partial charge in [-0.15, -0.1) is 0 Å². The first-order chi connectivity index (χ1) is 9.67. The summed E-state index contributed by atoms with van der Waals surface area (Å²) in [5.74, 6) is 0.702. The van der Waals surface area contributed by atoms with Crippen molar-refractivity contribution in [1.29, 1.82) is 0 Å². The highest BCUT2D eigenvalue weighted by Crippen LogP contribution is 2.30. The van der Waals surface area contributed by atoms with Gasteiger partial charge in [0, 0.05) is 24.8 Å². The van der Waals surface area contributed by atoms with Crippen molar-refractivity contribution in [2.75, 3.05) is 18.0 Å². The Hall–Kier alpha value is -1.02. The molecule has 2 nitrogen and oxygen atoms in total. The summed E-state index contributed by atoms with van der Waals surface area (Å²) in [6.07, 6.45) is 3.62. The highest BCUT2D eigenvalue weighted by Gasteiger charge is 2.22. The Morgan fingerprint density at radius 1 is 1.20 bits per heavy atom. The van der Waals surface area contributed by atoms with E-state index in [9.17, 15) is 0 Å². The second kappa shape index (κ2) is 7.12. The maximum Gasteiger partial charge on any atom is 0.0405 e. The van der Waals surface area contributed by atoms with Crippen LogP contribution in [0, 0.1) is 5.92 Å². The van der Waals surface area contributed by atoms with Gasteiger partial charge in [0.2, 0.25) is 0 Å². The average Bonchev–Trinajstić information content (AvgIpc) is 2.46. The van der Waals surface area contributed by atoms with Crippen LogP contribution < -0.4 is 10.2 Å². The Balaban J connectivity index is 2.37. The Labute approximate surface area is 124 Å². The van der Waals surface area contributed by atoms with Crippen LogP contribution in [-0.2, 0) is 13.0 Å². The fraction of sp³-hybridized carbons (Fsp3) is 0.667. The number of hydrogen-bond donors (Lipinski definition) is 1. The minimum absolute atomic E-state index is 0.666. The van der Waals surface area contributed by atoms with Crippen LogP contribution in [0.25, 0.3) is 0 Å². The molecule has 1 aromatic carbocycles. The lowest BCUT2D eigenvalue weighted by atomic mass is 9.96. The van der Waals surface area contributed by atoms with Crippen molar-refractivity contribution in [2.45, 2.75) is 59.5 Å². The van der Waals surface area contributed by atoms with Gasteiger partial charge in [-0.3, -0.25) is 0 Å². The van der Waals surface area contributed by atoms with E-state index in [0.29, 0.717) is 12.0 Å². The van der Waals surface area contributed by atoms with Crippen molar-refractivity contribution in [3.05, 3.63) is 29.3 Å². The number of benzene rings is 1. The summed E-state index contributed by atoms with van der Waals surface area (Å²) in [6, 6.07) is 7.52. The van der Waals surface area contributed by atoms with Gasteiger partial charge in [-0.2, -0.15) is 0 Å². The third-order valence-corrected chi connectivity index (χ3v) is 4.37. The standard InChI is InChI=1S/C18H30N2/c1-5-16(6-2)20(13-14(3)4)18-9-7-8-15-12-19-11-10-17(15)18/h7-9,14,16,19H,5-6,10-13H2,1-4H3. The molecule has 0 bridgehead atoms. The Bertz CT molecular complexity index is 421. The van der Waals surface area contributed by atoms with E-state index in [0.717, 1.165) is 19.6 Å². The smallest absolute Gasteiger partial charge is 0.0405 e. The van der Waals surface area contributed by atoms with E-state index in [2.05, 4.69) is 56.1 Å². The minimum atomic E-state index is 0.666. The fourth-order valence-electron chi connectivity index (χ4n) is 3.35. The van der Waals surface area contributed by atoms with Crippen molar-refractivity contribution >= 4 is 5.69 Å². The summed E-state index contributed by atoms with van der Waals surface area (Å²) in [4.78, 5) is 2.68. The van der Waals surface area contributed by atoms with Crippen molar-refractivity contribution in [3.63, 3.8) is 0 Å². The lowest BCUT2D eigenvalue weighted by Gasteiger charge is -2.37. The zero-order valence-electron chi connectivity index (χ0n) is 13.6. The third-order valence-electron chi connectivity index (χ3n) is 4.37. The summed E-state index contributed by atoms with van der Waals surface area (Å²) >= 11 is 0. The number of nitrogens with zero attached hydrogens (tertiary/aromatic N) is 1. The maximum atomic E-state index is 3.49. The average molecular weight is 274 g/mol. The van der Waals surface area contributed by atoms with Crippen LogP contribution >= 0.6 is 0 Å². The monoisotopic (exact) mass is 274 g/mol. The molecule has 0 atom stereocenters. The second-order valence-electron chi connectivity index (χ2n) is 6.36. The topological polar surface area (TPSA) is 15.3 Å². The van der Waals surface area contributed by atoms with Crippen LogP contribution in [0.4, 0.5) is 5.69 Å². The molecular weight excluding hydrogens is 244 g/mol. The molecule has 0 saturated heterocycles. The molecule has 0 spiro atoms. The Morgan fingerprint density at radius 3 is 2.60 bits per heavy atom. The predicted molar refractivity (Wildman–Crippen MR) is 88.4 cm³/mol. The molecule has 0 saturated carbocycles. The molecule has 20 heavy (non-hydrogen) atoms. The highest BCUT2D eigenvalue weighted by molar-refractivity contribution is 5.58. The molecule has 1 aromatic rings. The van der Waals surface area contributed by atoms with E-state index in [1.807, 2.05) is 0 Å². The normalized spacial score (nSPS) is 14.7. The first-order valence-electron chi connectivity index (χ1n) is 8.25. The number of hydrogen-bond acceptors (Lipinski definition) is 2. The number of fused-ring (bicyclic) bond motifs is 1. The minimum Gasteiger partial charge on any atom is -0.368 e. The largest absolute Gasteiger partial charge is 0.368 e. The maximum absolute atomic E-state index is 3.49. The zero-order valence-corrected chi connectivity index (χ0v) is 13.6. The van der Waals surface area contributed by atoms with Crippen molar-refractivity contribution in [3.8, 4) is 0 Å². The Kier molecular flexibility index (Phi) is 5.47. The molecule has 112 valence electrons. The summed E-state index contributed by atoms with van der Waals surface area (Å²) in [5.41, 5.74) is 4.57. The van der Waals surface area contributed by atoms with Crippen molar-refractivity contribution in [2.24, 2.45) is 5.92 Å². The summed E-state index contributed by atoms with van der Waals surface area (Å²) in [7, 11) is 0. The van der Waals surface area contributed by atoms with Gasteiger partial charge in [-0.25, -0.2) is 0 Å². The summed E-state index contributed by atoms with van der Waals surface area (Å²) < 4.78 is 0. The molecule has 0 radical (unpaired) electrons. The van der Waals surface area contributed by atoms with Gasteiger partial charge in [-0.05, 0) is 48.9 Å². The van der Waals surface area contributed by atoms with E-state index in [1.165, 1.54) is 30.5 Å². The van der Waals surface area contributed by atoms with Gasteiger partial charge in [0.15, 0.2) is 0 Å². The molecule has 1 N–H and O–H groups in total. The molecule has 0 unspecified atom stereocenters. The third kappa shape index (κ3) is 3.35. The molecule has 0 fully saturated rings. The zero-order chi connectivity index (χ0) is 14.5. The quantitative estimate of drug-likeness (QED) is 0.844. The Morgan fingerprint density at radius 2 is 1.95 bits per heavy atom. The van der Waals surface area contributed by atoms with Gasteiger partial charge >= 0.3 is 0 Å². The van der Waals surface area contributed by atoms with Crippen molar-refractivity contribution < 1.29 is 0 Å². The van der Waals surface area contributed by atoms with Crippen LogP contribution in [0.1, 0.15) is 51.7 Å². The SMILES string of the molecule is CCC(CC)N(CC(C)C)c1cccc2c1CCNC2. The van der Waals surface area contributed by atoms with Gasteiger partial charge in [0.1, 0.15) is 0 Å². The van der Waals surface area contributed by atoms with Crippen LogP contribution in [0.5, 0.6) is 0 Å². The molecular formula is C18H30N2. The number of rotatable bonds is 6. The van der Waals surface area contributed by atoms with Crippen LogP contribution in [0.2, 0.25) is 0 Å². The summed E-state index contributed by atoms with van der Waals surface area (Å²) in [6.45, 7) is 12.6. The molecule has 0 aliphatic carbocycles. The van der Waals surface area contributed by atoms with E-state index in [-0.39, 0.29) is 0 Å². The lowest BCUT2D eigenvalue weighted by molar-refractivity contribution is 0.504. The molecule has 0 aromatic heterocycles. The molecule has 1 heterocycles. The predicted octanol–water partition coefficient (Wildman–Crippen LogP) is 3.98. The van der Waals surface area contributed by atoms with E-state index < -0.39 is 0 Å². The van der Waals surface area contributed by atoms with Gasteiger partial charge in [0.05, 0.1) is 0 Å². The first-order valence-corrected chi connectivity index (χ1v) is 8.25. The molecule has 2 rings (SSSR count). The lowest BCUT2D eigenvalue weighted by Crippen LogP contribution is -2.39. The van der Waals surface area contributed by atoms with Gasteiger partial charge in [-0.1, -0.05) is 39.8 Å². The molecule has 0 amide bonds. The van der Waals surface area contributed by atoms with Gasteiger partial charge < -0.3 is 10.2 Å². The van der Waals surface area contributed by atoms with E-state index >= 15 is 0 Å².